The molecular formula is C26H23NO3S. The summed E-state index contributed by atoms with van der Waals surface area (Å²) in [6, 6.07) is 24.8. The van der Waals surface area contributed by atoms with Gasteiger partial charge < -0.3 is 4.74 Å². The molecule has 0 radical (unpaired) electrons. The molecule has 0 spiro atoms. The van der Waals surface area contributed by atoms with Gasteiger partial charge in [0.05, 0.1) is 23.3 Å². The Labute approximate surface area is 186 Å². The Morgan fingerprint density at radius 2 is 1.48 bits per heavy atom. The van der Waals surface area contributed by atoms with Gasteiger partial charge in [-0.25, -0.2) is 4.90 Å². The van der Waals surface area contributed by atoms with Crippen molar-refractivity contribution >= 4 is 34.8 Å². The van der Waals surface area contributed by atoms with Crippen molar-refractivity contribution in [2.24, 2.45) is 0 Å². The quantitative estimate of drug-likeness (QED) is 0.467. The number of amides is 2. The molecule has 0 N–H and O–H groups in total. The van der Waals surface area contributed by atoms with Crippen LogP contribution in [0.25, 0.3) is 5.57 Å². The van der Waals surface area contributed by atoms with Crippen molar-refractivity contribution in [1.82, 2.24) is 0 Å². The fourth-order valence-electron chi connectivity index (χ4n) is 3.50. The van der Waals surface area contributed by atoms with Crippen LogP contribution in [-0.2, 0) is 21.8 Å². The minimum absolute atomic E-state index is 0.277. The fraction of sp³-hybridized carbons (Fsp3) is 0.154. The van der Waals surface area contributed by atoms with Gasteiger partial charge in [-0.15, -0.1) is 11.8 Å². The van der Waals surface area contributed by atoms with Gasteiger partial charge >= 0.3 is 0 Å². The lowest BCUT2D eigenvalue weighted by Gasteiger charge is -2.15. The van der Waals surface area contributed by atoms with E-state index in [4.69, 9.17) is 4.74 Å². The third-order valence-corrected chi connectivity index (χ3v) is 6.39. The molecule has 0 aliphatic carbocycles. The summed E-state index contributed by atoms with van der Waals surface area (Å²) in [5, 5.41) is 0. The molecule has 0 unspecified atom stereocenters. The molecule has 3 aromatic carbocycles. The molecule has 156 valence electrons. The molecule has 4 rings (SSSR count). The van der Waals surface area contributed by atoms with Gasteiger partial charge in [0.15, 0.2) is 0 Å². The summed E-state index contributed by atoms with van der Waals surface area (Å²) in [5.41, 5.74) is 3.99. The number of hydrogen-bond donors (Lipinski definition) is 0. The number of imide groups is 1. The minimum Gasteiger partial charge on any atom is -0.497 e. The highest BCUT2D eigenvalue weighted by Gasteiger charge is 2.40. The molecule has 2 amide bonds. The third-order valence-electron chi connectivity index (χ3n) is 5.25. The number of benzene rings is 3. The number of carbonyl (C=O) groups excluding carboxylic acids is 2. The normalized spacial score (nSPS) is 13.8. The van der Waals surface area contributed by atoms with Crippen LogP contribution in [0.3, 0.4) is 0 Å². The number of ether oxygens (including phenoxy) is 1. The Hall–Kier alpha value is -3.31. The molecule has 5 heteroatoms. The van der Waals surface area contributed by atoms with Crippen LogP contribution in [0.15, 0.2) is 83.8 Å². The van der Waals surface area contributed by atoms with Crippen LogP contribution < -0.4 is 9.64 Å². The Morgan fingerprint density at radius 3 is 2.10 bits per heavy atom. The van der Waals surface area contributed by atoms with Crippen molar-refractivity contribution in [3.05, 3.63) is 100 Å². The second-order valence-corrected chi connectivity index (χ2v) is 8.16. The predicted molar refractivity (Wildman–Crippen MR) is 126 cm³/mol. The summed E-state index contributed by atoms with van der Waals surface area (Å²) in [7, 11) is 1.60. The smallest absolute Gasteiger partial charge is 0.272 e. The Kier molecular flexibility index (Phi) is 6.23. The lowest BCUT2D eigenvalue weighted by atomic mass is 10.1. The molecule has 3 aromatic rings. The Morgan fingerprint density at radius 1 is 0.806 bits per heavy atom. The average Bonchev–Trinajstić information content (AvgIpc) is 3.07. The van der Waals surface area contributed by atoms with Crippen molar-refractivity contribution in [2.75, 3.05) is 12.0 Å². The SMILES string of the molecule is CCc1ccc(N2C(=O)C(SCc3ccccc3)=C(c3ccc(OC)cc3)C2=O)cc1. The Bertz CT molecular complexity index is 1120. The summed E-state index contributed by atoms with van der Waals surface area (Å²) in [4.78, 5) is 28.6. The first-order valence-electron chi connectivity index (χ1n) is 10.2. The van der Waals surface area contributed by atoms with Crippen LogP contribution in [0.1, 0.15) is 23.6 Å². The van der Waals surface area contributed by atoms with Gasteiger partial charge in [0.2, 0.25) is 0 Å². The first kappa shape index (κ1) is 20.9. The molecule has 1 heterocycles. The van der Waals surface area contributed by atoms with Crippen LogP contribution in [0.5, 0.6) is 5.75 Å². The van der Waals surface area contributed by atoms with E-state index < -0.39 is 0 Å². The van der Waals surface area contributed by atoms with Gasteiger partial charge in [-0.05, 0) is 47.4 Å². The first-order chi connectivity index (χ1) is 15.1. The molecule has 0 atom stereocenters. The second kappa shape index (κ2) is 9.23. The van der Waals surface area contributed by atoms with Crippen molar-refractivity contribution in [2.45, 2.75) is 19.1 Å². The van der Waals surface area contributed by atoms with E-state index in [-0.39, 0.29) is 11.8 Å². The molecular weight excluding hydrogens is 406 g/mol. The first-order valence-corrected chi connectivity index (χ1v) is 11.1. The lowest BCUT2D eigenvalue weighted by molar-refractivity contribution is -0.119. The predicted octanol–water partition coefficient (Wildman–Crippen LogP) is 5.48. The summed E-state index contributed by atoms with van der Waals surface area (Å²) in [5.74, 6) is 0.736. The number of carbonyl (C=O) groups is 2. The number of thioether (sulfide) groups is 1. The van der Waals surface area contributed by atoms with Crippen LogP contribution in [-0.4, -0.2) is 18.9 Å². The number of rotatable bonds is 7. The third kappa shape index (κ3) is 4.28. The summed E-state index contributed by atoms with van der Waals surface area (Å²) < 4.78 is 5.24. The number of aryl methyl sites for hydroxylation is 1. The zero-order valence-corrected chi connectivity index (χ0v) is 18.3. The van der Waals surface area contributed by atoms with Gasteiger partial charge in [-0.2, -0.15) is 0 Å². The highest BCUT2D eigenvalue weighted by Crippen LogP contribution is 2.40. The molecule has 1 aliphatic heterocycles. The van der Waals surface area contributed by atoms with E-state index in [9.17, 15) is 9.59 Å². The summed E-state index contributed by atoms with van der Waals surface area (Å²) in [6.45, 7) is 2.07. The summed E-state index contributed by atoms with van der Waals surface area (Å²) in [6.07, 6.45) is 0.899. The van der Waals surface area contributed by atoms with E-state index in [1.807, 2.05) is 66.7 Å². The van der Waals surface area contributed by atoms with Crippen molar-refractivity contribution in [1.29, 1.82) is 0 Å². The molecule has 0 bridgehead atoms. The van der Waals surface area contributed by atoms with Gasteiger partial charge in [0.25, 0.3) is 11.8 Å². The standard InChI is InChI=1S/C26H23NO3S/c1-3-18-9-13-21(14-10-18)27-25(28)23(20-11-15-22(30-2)16-12-20)24(26(27)29)31-17-19-7-5-4-6-8-19/h4-16H,3,17H2,1-2H3. The van der Waals surface area contributed by atoms with Crippen molar-refractivity contribution in [3.8, 4) is 5.75 Å². The zero-order valence-electron chi connectivity index (χ0n) is 17.5. The van der Waals surface area contributed by atoms with E-state index >= 15 is 0 Å². The molecule has 0 saturated carbocycles. The van der Waals surface area contributed by atoms with Gasteiger partial charge in [0.1, 0.15) is 5.75 Å². The number of anilines is 1. The highest BCUT2D eigenvalue weighted by molar-refractivity contribution is 8.03. The summed E-state index contributed by atoms with van der Waals surface area (Å²) >= 11 is 1.40. The molecule has 0 saturated heterocycles. The van der Waals surface area contributed by atoms with E-state index in [0.717, 1.165) is 17.5 Å². The number of hydrogen-bond acceptors (Lipinski definition) is 4. The average molecular weight is 430 g/mol. The number of methoxy groups -OCH3 is 1. The minimum atomic E-state index is -0.296. The van der Waals surface area contributed by atoms with Gasteiger partial charge in [0, 0.05) is 5.75 Å². The zero-order chi connectivity index (χ0) is 21.8. The van der Waals surface area contributed by atoms with Crippen LogP contribution in [0, 0.1) is 0 Å². The maximum absolute atomic E-state index is 13.5. The molecule has 31 heavy (non-hydrogen) atoms. The monoisotopic (exact) mass is 429 g/mol. The maximum Gasteiger partial charge on any atom is 0.272 e. The largest absolute Gasteiger partial charge is 0.497 e. The molecule has 1 aliphatic rings. The van der Waals surface area contributed by atoms with Crippen molar-refractivity contribution < 1.29 is 14.3 Å². The molecule has 0 aromatic heterocycles. The van der Waals surface area contributed by atoms with E-state index in [1.165, 1.54) is 16.7 Å². The Balaban J connectivity index is 1.72. The van der Waals surface area contributed by atoms with E-state index in [0.29, 0.717) is 33.2 Å². The second-order valence-electron chi connectivity index (χ2n) is 7.17. The molecule has 0 fully saturated rings. The van der Waals surface area contributed by atoms with E-state index in [1.54, 1.807) is 19.2 Å². The molecule has 4 nitrogen and oxygen atoms in total. The van der Waals surface area contributed by atoms with Crippen LogP contribution >= 0.6 is 11.8 Å². The topological polar surface area (TPSA) is 46.6 Å². The maximum atomic E-state index is 13.5. The van der Waals surface area contributed by atoms with E-state index in [2.05, 4.69) is 6.92 Å². The lowest BCUT2D eigenvalue weighted by Crippen LogP contribution is -2.31. The van der Waals surface area contributed by atoms with Gasteiger partial charge in [-0.1, -0.05) is 61.5 Å². The number of nitrogens with zero attached hydrogens (tertiary/aromatic N) is 1. The highest BCUT2D eigenvalue weighted by atomic mass is 32.2. The fourth-order valence-corrected chi connectivity index (χ4v) is 4.57. The van der Waals surface area contributed by atoms with Crippen molar-refractivity contribution in [3.63, 3.8) is 0 Å². The van der Waals surface area contributed by atoms with Crippen LogP contribution in [0.2, 0.25) is 0 Å². The van der Waals surface area contributed by atoms with Gasteiger partial charge in [-0.3, -0.25) is 9.59 Å². The van der Waals surface area contributed by atoms with Crippen LogP contribution in [0.4, 0.5) is 5.69 Å².